The van der Waals surface area contributed by atoms with E-state index in [0.717, 1.165) is 6.42 Å². The van der Waals surface area contributed by atoms with E-state index in [1.807, 2.05) is 0 Å². The van der Waals surface area contributed by atoms with E-state index in [9.17, 15) is 9.90 Å². The zero-order valence-corrected chi connectivity index (χ0v) is 11.8. The highest BCUT2D eigenvalue weighted by molar-refractivity contribution is 6.30. The van der Waals surface area contributed by atoms with E-state index < -0.39 is 11.9 Å². The molecule has 3 N–H and O–H groups in total. The van der Waals surface area contributed by atoms with Crippen molar-refractivity contribution in [2.75, 3.05) is 5.73 Å². The monoisotopic (exact) mass is 269 g/mol. The maximum Gasteiger partial charge on any atom is 0.311 e. The van der Waals surface area contributed by atoms with Crippen LogP contribution in [0.2, 0.25) is 5.02 Å². The number of benzene rings is 1. The van der Waals surface area contributed by atoms with Gasteiger partial charge in [-0.15, -0.1) is 0 Å². The fraction of sp³-hybridized carbons (Fsp3) is 0.500. The standard InChI is InChI=1S/C14H20ClNO2/c1-14(2,3)7-6-10(13(17)18)11-8-9(15)4-5-12(11)16/h4-5,8,10H,6-7,16H2,1-3H3,(H,17,18). The van der Waals surface area contributed by atoms with Crippen molar-refractivity contribution in [2.24, 2.45) is 5.41 Å². The lowest BCUT2D eigenvalue weighted by atomic mass is 9.84. The molecule has 0 fully saturated rings. The van der Waals surface area contributed by atoms with Crippen LogP contribution in [0.3, 0.4) is 0 Å². The van der Waals surface area contributed by atoms with Gasteiger partial charge in [0.05, 0.1) is 5.92 Å². The molecule has 0 aliphatic rings. The molecule has 1 aromatic carbocycles. The van der Waals surface area contributed by atoms with Crippen LogP contribution in [0, 0.1) is 5.41 Å². The molecule has 0 saturated carbocycles. The molecule has 0 radical (unpaired) electrons. The van der Waals surface area contributed by atoms with Crippen LogP contribution >= 0.6 is 11.6 Å². The number of hydrogen-bond donors (Lipinski definition) is 2. The van der Waals surface area contributed by atoms with Gasteiger partial charge in [-0.1, -0.05) is 32.4 Å². The summed E-state index contributed by atoms with van der Waals surface area (Å²) in [6.45, 7) is 6.27. The van der Waals surface area contributed by atoms with E-state index in [1.54, 1.807) is 18.2 Å². The van der Waals surface area contributed by atoms with Crippen LogP contribution in [-0.4, -0.2) is 11.1 Å². The largest absolute Gasteiger partial charge is 0.481 e. The van der Waals surface area contributed by atoms with Gasteiger partial charge in [0.2, 0.25) is 0 Å². The van der Waals surface area contributed by atoms with Crippen molar-refractivity contribution in [3.05, 3.63) is 28.8 Å². The van der Waals surface area contributed by atoms with E-state index in [1.165, 1.54) is 0 Å². The molecule has 100 valence electrons. The fourth-order valence-corrected chi connectivity index (χ4v) is 2.02. The Morgan fingerprint density at radius 1 is 1.44 bits per heavy atom. The average molecular weight is 270 g/mol. The van der Waals surface area contributed by atoms with Gasteiger partial charge in [0, 0.05) is 10.7 Å². The van der Waals surface area contributed by atoms with E-state index in [0.29, 0.717) is 22.7 Å². The lowest BCUT2D eigenvalue weighted by Gasteiger charge is -2.22. The summed E-state index contributed by atoms with van der Waals surface area (Å²) in [4.78, 5) is 11.4. The number of aliphatic carboxylic acids is 1. The normalized spacial score (nSPS) is 13.3. The van der Waals surface area contributed by atoms with Crippen molar-refractivity contribution in [3.8, 4) is 0 Å². The van der Waals surface area contributed by atoms with Gasteiger partial charge in [0.1, 0.15) is 0 Å². The fourth-order valence-electron chi connectivity index (χ4n) is 1.84. The van der Waals surface area contributed by atoms with Crippen LogP contribution in [0.1, 0.15) is 45.1 Å². The maximum absolute atomic E-state index is 11.4. The molecule has 1 aromatic rings. The van der Waals surface area contributed by atoms with E-state index in [-0.39, 0.29) is 5.41 Å². The molecule has 0 spiro atoms. The van der Waals surface area contributed by atoms with Crippen LogP contribution < -0.4 is 5.73 Å². The predicted molar refractivity (Wildman–Crippen MR) is 74.9 cm³/mol. The van der Waals surface area contributed by atoms with Crippen LogP contribution in [0.5, 0.6) is 0 Å². The Morgan fingerprint density at radius 3 is 2.56 bits per heavy atom. The number of halogens is 1. The Hall–Kier alpha value is -1.22. The first-order valence-corrected chi connectivity index (χ1v) is 6.36. The minimum atomic E-state index is -0.854. The van der Waals surface area contributed by atoms with Crippen molar-refractivity contribution in [1.29, 1.82) is 0 Å². The number of carbonyl (C=O) groups is 1. The highest BCUT2D eigenvalue weighted by atomic mass is 35.5. The smallest absolute Gasteiger partial charge is 0.311 e. The molecule has 0 amide bonds. The molecular formula is C14H20ClNO2. The van der Waals surface area contributed by atoms with Crippen LogP contribution in [0.15, 0.2) is 18.2 Å². The first-order chi connectivity index (χ1) is 8.20. The number of carboxylic acids is 1. The number of nitrogen functional groups attached to an aromatic ring is 1. The van der Waals surface area contributed by atoms with Crippen molar-refractivity contribution < 1.29 is 9.90 Å². The van der Waals surface area contributed by atoms with E-state index in [4.69, 9.17) is 17.3 Å². The molecule has 0 heterocycles. The molecule has 3 nitrogen and oxygen atoms in total. The van der Waals surface area contributed by atoms with Crippen LogP contribution in [0.4, 0.5) is 5.69 Å². The Bertz CT molecular complexity index is 438. The number of nitrogens with two attached hydrogens (primary N) is 1. The van der Waals surface area contributed by atoms with Gasteiger partial charge in [0.15, 0.2) is 0 Å². The van der Waals surface area contributed by atoms with Crippen LogP contribution in [0.25, 0.3) is 0 Å². The van der Waals surface area contributed by atoms with Gasteiger partial charge in [0.25, 0.3) is 0 Å². The summed E-state index contributed by atoms with van der Waals surface area (Å²) in [6.07, 6.45) is 1.37. The van der Waals surface area contributed by atoms with Gasteiger partial charge in [-0.2, -0.15) is 0 Å². The molecule has 0 aromatic heterocycles. The summed E-state index contributed by atoms with van der Waals surface area (Å²) in [5, 5.41) is 9.86. The number of hydrogen-bond acceptors (Lipinski definition) is 2. The molecule has 0 saturated heterocycles. The maximum atomic E-state index is 11.4. The van der Waals surface area contributed by atoms with Crippen molar-refractivity contribution in [2.45, 2.75) is 39.5 Å². The summed E-state index contributed by atoms with van der Waals surface area (Å²) in [5.74, 6) is -1.45. The SMILES string of the molecule is CC(C)(C)CCC(C(=O)O)c1cc(Cl)ccc1N. The van der Waals surface area contributed by atoms with Crippen molar-refractivity contribution in [1.82, 2.24) is 0 Å². The molecule has 18 heavy (non-hydrogen) atoms. The number of anilines is 1. The highest BCUT2D eigenvalue weighted by Crippen LogP contribution is 2.33. The summed E-state index contributed by atoms with van der Waals surface area (Å²) in [7, 11) is 0. The predicted octanol–water partition coefficient (Wildman–Crippen LogP) is 3.92. The number of rotatable bonds is 4. The third kappa shape index (κ3) is 4.22. The minimum Gasteiger partial charge on any atom is -0.481 e. The lowest BCUT2D eigenvalue weighted by Crippen LogP contribution is -2.16. The molecule has 1 unspecified atom stereocenters. The Morgan fingerprint density at radius 2 is 2.06 bits per heavy atom. The zero-order valence-electron chi connectivity index (χ0n) is 11.0. The van der Waals surface area contributed by atoms with Crippen molar-refractivity contribution in [3.63, 3.8) is 0 Å². The summed E-state index contributed by atoms with van der Waals surface area (Å²) < 4.78 is 0. The second kappa shape index (κ2) is 5.61. The molecule has 0 bridgehead atoms. The number of carboxylic acid groups (broad SMARTS) is 1. The van der Waals surface area contributed by atoms with Crippen molar-refractivity contribution >= 4 is 23.3 Å². The zero-order chi connectivity index (χ0) is 13.9. The third-order valence-electron chi connectivity index (χ3n) is 2.91. The van der Waals surface area contributed by atoms with Gasteiger partial charge in [-0.05, 0) is 42.0 Å². The topological polar surface area (TPSA) is 63.3 Å². The summed E-state index contributed by atoms with van der Waals surface area (Å²) >= 11 is 5.91. The second-order valence-corrected chi connectivity index (χ2v) is 6.20. The lowest BCUT2D eigenvalue weighted by molar-refractivity contribution is -0.139. The van der Waals surface area contributed by atoms with Crippen LogP contribution in [-0.2, 0) is 4.79 Å². The first kappa shape index (κ1) is 14.8. The average Bonchev–Trinajstić information content (AvgIpc) is 2.21. The quantitative estimate of drug-likeness (QED) is 0.815. The first-order valence-electron chi connectivity index (χ1n) is 5.98. The summed E-state index contributed by atoms with van der Waals surface area (Å²) in [5.41, 5.74) is 7.04. The van der Waals surface area contributed by atoms with Gasteiger partial charge >= 0.3 is 5.97 Å². The van der Waals surface area contributed by atoms with Gasteiger partial charge in [-0.3, -0.25) is 4.79 Å². The molecule has 1 rings (SSSR count). The Labute approximate surface area is 113 Å². The second-order valence-electron chi connectivity index (χ2n) is 5.76. The summed E-state index contributed by atoms with van der Waals surface area (Å²) in [6, 6.07) is 4.98. The molecule has 0 aliphatic carbocycles. The molecule has 4 heteroatoms. The molecule has 0 aliphatic heterocycles. The highest BCUT2D eigenvalue weighted by Gasteiger charge is 2.24. The molecular weight excluding hydrogens is 250 g/mol. The van der Waals surface area contributed by atoms with E-state index >= 15 is 0 Å². The Kier molecular flexibility index (Phi) is 4.63. The Balaban J connectivity index is 2.98. The van der Waals surface area contributed by atoms with Gasteiger partial charge < -0.3 is 10.8 Å². The molecule has 1 atom stereocenters. The minimum absolute atomic E-state index is 0.0983. The van der Waals surface area contributed by atoms with Gasteiger partial charge in [-0.25, -0.2) is 0 Å². The third-order valence-corrected chi connectivity index (χ3v) is 3.14. The van der Waals surface area contributed by atoms with E-state index in [2.05, 4.69) is 20.8 Å².